The molecule has 0 spiro atoms. The summed E-state index contributed by atoms with van der Waals surface area (Å²) in [6, 6.07) is 12.2. The van der Waals surface area contributed by atoms with Gasteiger partial charge < -0.3 is 137 Å². The van der Waals surface area contributed by atoms with E-state index in [0.717, 1.165) is 77.7 Å². The van der Waals surface area contributed by atoms with Gasteiger partial charge in [-0.25, -0.2) is 4.79 Å². The Morgan fingerprint density at radius 3 is 1.97 bits per heavy atom. The van der Waals surface area contributed by atoms with Crippen LogP contribution >= 0.6 is 34.5 Å². The first-order chi connectivity index (χ1) is 60.5. The summed E-state index contributed by atoms with van der Waals surface area (Å²) >= 11 is 15.8. The predicted octanol–water partition coefficient (Wildman–Crippen LogP) is 5.68. The van der Waals surface area contributed by atoms with Crippen molar-refractivity contribution in [1.82, 2.24) is 26.6 Å². The van der Waals surface area contributed by atoms with E-state index in [4.69, 9.17) is 72.6 Å². The molecule has 9 heterocycles. The van der Waals surface area contributed by atoms with E-state index in [0.29, 0.717) is 16.9 Å². The van der Waals surface area contributed by atoms with E-state index in [2.05, 4.69) is 26.6 Å². The number of hydrogen-bond acceptors (Lipinski definition) is 30. The third kappa shape index (κ3) is 20.8. The fraction of sp³-hybridized carbons (Fsp3) is 0.448. The first-order valence-electron chi connectivity index (χ1n) is 40.8. The molecule has 8 aliphatic heterocycles. The topological polar surface area (TPSA) is 565 Å². The van der Waals surface area contributed by atoms with Gasteiger partial charge in [0.15, 0.2) is 41.7 Å². The lowest BCUT2D eigenvalue weighted by atomic mass is 9.84. The summed E-state index contributed by atoms with van der Waals surface area (Å²) in [7, 11) is 1.47. The summed E-state index contributed by atoms with van der Waals surface area (Å²) in [5.41, 5.74) is 8.04. The number of phenols is 3. The van der Waals surface area contributed by atoms with Gasteiger partial charge in [-0.05, 0) is 159 Å². The van der Waals surface area contributed by atoms with E-state index in [1.807, 2.05) is 13.8 Å². The number of carboxylic acid groups (broad SMARTS) is 1. The van der Waals surface area contributed by atoms with Gasteiger partial charge in [-0.2, -0.15) is 13.2 Å². The number of nitrogens with two attached hydrogens (primary N) is 2. The third-order valence-corrected chi connectivity index (χ3v) is 25.1. The Morgan fingerprint density at radius 1 is 0.695 bits per heavy atom. The summed E-state index contributed by atoms with van der Waals surface area (Å²) in [5.74, 6) is -19.6. The quantitative estimate of drug-likeness (QED) is 0.0436. The van der Waals surface area contributed by atoms with Gasteiger partial charge in [0.2, 0.25) is 41.6 Å². The highest BCUT2D eigenvalue weighted by Crippen LogP contribution is 2.51. The molecule has 3 fully saturated rings. The van der Waals surface area contributed by atoms with E-state index < -0.39 is 303 Å². The van der Waals surface area contributed by atoms with E-state index in [9.17, 15) is 88.8 Å². The number of carbonyl (C=O) groups excluding carboxylic acids is 7. The number of fused-ring (bicyclic) bond motifs is 15. The molecule has 11 bridgehead atoms. The van der Waals surface area contributed by atoms with Crippen LogP contribution in [0.25, 0.3) is 21.6 Å². The Labute approximate surface area is 742 Å². The van der Waals surface area contributed by atoms with Crippen LogP contribution in [0.15, 0.2) is 115 Å². The summed E-state index contributed by atoms with van der Waals surface area (Å²) in [6.07, 6.45) is -35.3. The number of aromatic hydroxyl groups is 3. The van der Waals surface area contributed by atoms with E-state index in [1.54, 1.807) is 12.1 Å². The molecule has 1 aromatic heterocycles. The standard InChI is InChI=1S/C87H96Cl2F3N7O28S/c1-34(2)21-50(95-5)81(116)98-67-53(104)25-41(28-62(93)106)79(114)96-65-40-26-58(121-55-18-12-38(69(67)107)23-48(55)88)76(126-85-74(112)72(110)77(60(33-100)124-85)127-84-73(111)71(109)70(108)57(123-84)8-6-7-44-16-20-61(128-44)36-9-14-42(15-10-36)87(90,91)92)59(27-40)122-56-19-13-39(24-49(56)89)75(125-63-32-86(4,94)78(113)35(3)120-63)68-82(117)97-66(83(118)119)47-29-43(101)30-52(103)64(47)46-22-37(11-17-51(46)102)45(31-54(65)105)80(115)99-68/h9-20,22-24,26-27,29-30,34-35,41,45,50,57,60,63,65-75,77-78,84-85,95,100-103,107-113H,6-8,21,25,28,31-33,94H2,1-5H3,(H2,93,106)(H,96,114)(H,97,117)(H,98,116)(H,99,115)(H,118,119)/t35-,41+,45-,50+,57+,60+,63?,65+,66-,67?,68-,69+,70-,71-,72+,73+,74+,75+,77+,78-,84-,85-,86-/m0/s1. The summed E-state index contributed by atoms with van der Waals surface area (Å²) < 4.78 is 91.4. The number of Topliss-reactive ketones (excluding diaryl/α,β-unsaturated/α-hetero) is 2. The minimum Gasteiger partial charge on any atom is -0.508 e. The molecule has 21 N–H and O–H groups in total. The normalized spacial score (nSPS) is 29.6. The van der Waals surface area contributed by atoms with E-state index in [-0.39, 0.29) is 48.3 Å². The second kappa shape index (κ2) is 39.2. The van der Waals surface area contributed by atoms with Crippen LogP contribution in [0.1, 0.15) is 141 Å². The van der Waals surface area contributed by atoms with Gasteiger partial charge in [-0.3, -0.25) is 33.6 Å². The molecule has 7 aromatic rings. The Balaban J connectivity index is 0.952. The molecule has 41 heteroatoms. The lowest BCUT2D eigenvalue weighted by molar-refractivity contribution is -0.351. The number of carboxylic acids is 1. The first-order valence-corrected chi connectivity index (χ1v) is 42.4. The number of rotatable bonds is 20. The second-order valence-electron chi connectivity index (χ2n) is 33.2. The minimum atomic E-state index is -4.55. The van der Waals surface area contributed by atoms with Crippen molar-refractivity contribution in [3.8, 4) is 67.6 Å². The maximum atomic E-state index is 16.6. The van der Waals surface area contributed by atoms with E-state index in [1.165, 1.54) is 62.6 Å². The van der Waals surface area contributed by atoms with Crippen LogP contribution in [-0.2, 0) is 74.6 Å². The summed E-state index contributed by atoms with van der Waals surface area (Å²) in [5, 5.41) is 152. The number of alkyl halides is 3. The molecule has 23 atom stereocenters. The minimum absolute atomic E-state index is 0.0193. The number of thiophene rings is 1. The van der Waals surface area contributed by atoms with Gasteiger partial charge in [-0.1, -0.05) is 67.4 Å². The average molecular weight is 1850 g/mol. The van der Waals surface area contributed by atoms with Crippen molar-refractivity contribution in [2.45, 2.75) is 219 Å². The molecule has 2 unspecified atom stereocenters. The van der Waals surface area contributed by atoms with Crippen LogP contribution in [0, 0.1) is 11.8 Å². The summed E-state index contributed by atoms with van der Waals surface area (Å²) in [4.78, 5) is 122. The number of amides is 5. The Bertz CT molecular complexity index is 5340. The second-order valence-corrected chi connectivity index (χ2v) is 35.1. The van der Waals surface area contributed by atoms with Crippen molar-refractivity contribution in [3.63, 3.8) is 0 Å². The predicted molar refractivity (Wildman–Crippen MR) is 445 cm³/mol. The molecule has 5 amide bonds. The van der Waals surface area contributed by atoms with Crippen LogP contribution < -0.4 is 52.3 Å². The Hall–Kier alpha value is -10.3. The van der Waals surface area contributed by atoms with Gasteiger partial charge in [0.05, 0.1) is 58.4 Å². The molecule has 0 saturated carbocycles. The van der Waals surface area contributed by atoms with Crippen LogP contribution in [-0.4, -0.2) is 226 Å². The largest absolute Gasteiger partial charge is 0.508 e. The number of aliphatic carboxylic acids is 1. The van der Waals surface area contributed by atoms with Crippen molar-refractivity contribution < 1.29 is 151 Å². The van der Waals surface area contributed by atoms with Gasteiger partial charge in [0.25, 0.3) is 0 Å². The molecule has 6 aromatic carbocycles. The molecule has 35 nitrogen and oxygen atoms in total. The number of ether oxygens (including phenoxy) is 8. The van der Waals surface area contributed by atoms with Gasteiger partial charge in [0.1, 0.15) is 102 Å². The number of aliphatic hydroxyl groups is 8. The van der Waals surface area contributed by atoms with Crippen molar-refractivity contribution in [2.75, 3.05) is 13.7 Å². The molecule has 0 aliphatic carbocycles. The maximum absolute atomic E-state index is 16.6. The third-order valence-electron chi connectivity index (χ3n) is 23.4. The van der Waals surface area contributed by atoms with Gasteiger partial charge in [-0.15, -0.1) is 11.3 Å². The average Bonchev–Trinajstić information content (AvgIpc) is 0.827. The zero-order valence-electron chi connectivity index (χ0n) is 69.0. The highest BCUT2D eigenvalue weighted by atomic mass is 35.5. The maximum Gasteiger partial charge on any atom is 0.416 e. The highest BCUT2D eigenvalue weighted by Gasteiger charge is 2.53. The van der Waals surface area contributed by atoms with Crippen molar-refractivity contribution in [1.29, 1.82) is 0 Å². The van der Waals surface area contributed by atoms with Crippen molar-refractivity contribution in [2.24, 2.45) is 23.3 Å². The van der Waals surface area contributed by atoms with Crippen LogP contribution in [0.5, 0.6) is 46.0 Å². The number of primary amides is 1. The molecule has 688 valence electrons. The number of carbonyl (C=O) groups is 8. The molecule has 3 saturated heterocycles. The number of benzene rings is 6. The molecular formula is C87H96Cl2F3N7O28S. The van der Waals surface area contributed by atoms with Crippen molar-refractivity contribution in [3.05, 3.63) is 164 Å². The molecular weight excluding hydrogens is 1750 g/mol. The van der Waals surface area contributed by atoms with Gasteiger partial charge >= 0.3 is 12.1 Å². The molecule has 128 heavy (non-hydrogen) atoms. The van der Waals surface area contributed by atoms with Crippen LogP contribution in [0.4, 0.5) is 13.2 Å². The zero-order chi connectivity index (χ0) is 92.7. The van der Waals surface area contributed by atoms with Crippen molar-refractivity contribution >= 4 is 81.6 Å². The number of ketones is 2. The Morgan fingerprint density at radius 2 is 1.34 bits per heavy atom. The number of phenolic OH excluding ortho intramolecular Hbond substituents is 3. The lowest BCUT2D eigenvalue weighted by Gasteiger charge is -2.46. The monoisotopic (exact) mass is 1850 g/mol. The number of nitrogens with one attached hydrogen (secondary N) is 5. The molecule has 15 rings (SSSR count). The number of halogens is 5. The Kier molecular flexibility index (Phi) is 29.2. The number of likely N-dealkylation sites (N-methyl/N-ethyl adjacent to an activating group) is 1. The number of aliphatic hydroxyl groups excluding tert-OH is 8. The number of hydrogen-bond donors (Lipinski definition) is 19. The van der Waals surface area contributed by atoms with E-state index >= 15 is 24.0 Å². The highest BCUT2D eigenvalue weighted by molar-refractivity contribution is 7.15. The smallest absolute Gasteiger partial charge is 0.416 e. The zero-order valence-corrected chi connectivity index (χ0v) is 71.3. The fourth-order valence-corrected chi connectivity index (χ4v) is 18.1. The van der Waals surface area contributed by atoms with Crippen LogP contribution in [0.3, 0.4) is 0 Å². The van der Waals surface area contributed by atoms with Gasteiger partial charge in [0, 0.05) is 63.7 Å². The molecule has 8 aliphatic rings. The SMILES string of the molecule is CN[C@H](CC(C)C)C(=O)NC1C(=O)C[C@H](CC(N)=O)C(=O)N[C@H]2C(=O)C[C@@H]3C(=O)N[C@H](C(=O)N[C@H](C(=O)O)c4cc(O)cc(O)c4-c4cc3ccc4O)[C@H](OC3C[C@](C)(N)[C@@H](O)[C@H](C)O3)c3ccc(c(Cl)c3)Oc3cc2cc(c3O[C@@H]2O[C@H](CO)[C@@H](O[C@@H]3O[C@H](CCCc4ccc(-c5ccc(C(F)(F)F)cc5)s4)[C@H](O)[C@H](O)[C@H]3O)[C@H](O)[C@H]2O)Oc2ccc(cc2Cl)[C@H]1O. The lowest BCUT2D eigenvalue weighted by Crippen LogP contribution is -2.64. The van der Waals surface area contributed by atoms with Crippen LogP contribution in [0.2, 0.25) is 10.0 Å². The fourth-order valence-electron chi connectivity index (χ4n) is 16.6. The molecule has 0 radical (unpaired) electrons. The number of aryl methyl sites for hydroxylation is 1. The summed E-state index contributed by atoms with van der Waals surface area (Å²) in [6.45, 7) is 5.42. The first kappa shape index (κ1) is 95.3.